The molecule has 0 spiro atoms. The molecule has 1 atom stereocenters. The summed E-state index contributed by atoms with van der Waals surface area (Å²) < 4.78 is 5.42. The second-order valence-corrected chi connectivity index (χ2v) is 4.08. The molecule has 1 aromatic rings. The average Bonchev–Trinajstić information content (AvgIpc) is 2.28. The highest BCUT2D eigenvalue weighted by atomic mass is 16.5. The van der Waals surface area contributed by atoms with Crippen molar-refractivity contribution in [1.82, 2.24) is 10.2 Å². The molecule has 0 aliphatic carbocycles. The molecule has 1 aliphatic heterocycles. The summed E-state index contributed by atoms with van der Waals surface area (Å²) in [6, 6.07) is 2.01. The van der Waals surface area contributed by atoms with Crippen molar-refractivity contribution in [3.05, 3.63) is 17.8 Å². The van der Waals surface area contributed by atoms with Crippen LogP contribution in [0.2, 0.25) is 0 Å². The molecule has 1 aromatic heterocycles. The van der Waals surface area contributed by atoms with Crippen molar-refractivity contribution >= 4 is 5.82 Å². The van der Waals surface area contributed by atoms with Crippen LogP contribution >= 0.6 is 0 Å². The quantitative estimate of drug-likeness (QED) is 0.818. The van der Waals surface area contributed by atoms with E-state index in [0.29, 0.717) is 5.92 Å². The SMILES string of the molecule is Cc1cnnc(NCC2CCCOC2)c1. The zero-order chi connectivity index (χ0) is 10.5. The minimum Gasteiger partial charge on any atom is -0.381 e. The first-order valence-electron chi connectivity index (χ1n) is 5.45. The van der Waals surface area contributed by atoms with E-state index < -0.39 is 0 Å². The highest BCUT2D eigenvalue weighted by molar-refractivity contribution is 5.34. The molecule has 2 heterocycles. The van der Waals surface area contributed by atoms with E-state index in [2.05, 4.69) is 15.5 Å². The number of aromatic nitrogens is 2. The molecule has 1 N–H and O–H groups in total. The summed E-state index contributed by atoms with van der Waals surface area (Å²) in [5, 5.41) is 11.2. The lowest BCUT2D eigenvalue weighted by Gasteiger charge is -2.22. The van der Waals surface area contributed by atoms with Crippen LogP contribution in [0.15, 0.2) is 12.3 Å². The predicted octanol–water partition coefficient (Wildman–Crippen LogP) is 1.62. The Hall–Kier alpha value is -1.16. The van der Waals surface area contributed by atoms with Gasteiger partial charge in [-0.15, -0.1) is 5.10 Å². The van der Waals surface area contributed by atoms with Crippen LogP contribution in [0.25, 0.3) is 0 Å². The minimum absolute atomic E-state index is 0.612. The maximum Gasteiger partial charge on any atom is 0.148 e. The van der Waals surface area contributed by atoms with Crippen molar-refractivity contribution < 1.29 is 4.74 Å². The van der Waals surface area contributed by atoms with Gasteiger partial charge in [-0.05, 0) is 37.3 Å². The van der Waals surface area contributed by atoms with Gasteiger partial charge in [-0.3, -0.25) is 0 Å². The molecule has 0 aromatic carbocycles. The van der Waals surface area contributed by atoms with Crippen molar-refractivity contribution in [2.75, 3.05) is 25.1 Å². The third-order valence-corrected chi connectivity index (χ3v) is 2.62. The average molecular weight is 207 g/mol. The fourth-order valence-corrected chi connectivity index (χ4v) is 1.77. The molecule has 1 saturated heterocycles. The summed E-state index contributed by atoms with van der Waals surface area (Å²) in [7, 11) is 0. The first-order chi connectivity index (χ1) is 7.34. The molecule has 0 bridgehead atoms. The Labute approximate surface area is 90.1 Å². The Balaban J connectivity index is 1.81. The van der Waals surface area contributed by atoms with E-state index >= 15 is 0 Å². The van der Waals surface area contributed by atoms with Crippen LogP contribution in [-0.4, -0.2) is 30.0 Å². The third kappa shape index (κ3) is 3.16. The molecule has 2 rings (SSSR count). The molecule has 4 heteroatoms. The van der Waals surface area contributed by atoms with Crippen molar-refractivity contribution in [1.29, 1.82) is 0 Å². The Morgan fingerprint density at radius 2 is 2.53 bits per heavy atom. The van der Waals surface area contributed by atoms with Gasteiger partial charge >= 0.3 is 0 Å². The first-order valence-corrected chi connectivity index (χ1v) is 5.45. The van der Waals surface area contributed by atoms with Crippen LogP contribution in [0.3, 0.4) is 0 Å². The van der Waals surface area contributed by atoms with Gasteiger partial charge in [-0.25, -0.2) is 0 Å². The van der Waals surface area contributed by atoms with Gasteiger partial charge in [-0.1, -0.05) is 0 Å². The van der Waals surface area contributed by atoms with Gasteiger partial charge in [0, 0.05) is 13.2 Å². The molecule has 4 nitrogen and oxygen atoms in total. The monoisotopic (exact) mass is 207 g/mol. The van der Waals surface area contributed by atoms with Crippen molar-refractivity contribution in [2.45, 2.75) is 19.8 Å². The number of hydrogen-bond acceptors (Lipinski definition) is 4. The maximum atomic E-state index is 5.42. The lowest BCUT2D eigenvalue weighted by molar-refractivity contribution is 0.0595. The van der Waals surface area contributed by atoms with Crippen molar-refractivity contribution in [2.24, 2.45) is 5.92 Å². The van der Waals surface area contributed by atoms with Gasteiger partial charge in [0.05, 0.1) is 12.8 Å². The fraction of sp³-hybridized carbons (Fsp3) is 0.636. The second kappa shape index (κ2) is 5.07. The third-order valence-electron chi connectivity index (χ3n) is 2.62. The molecule has 1 fully saturated rings. The van der Waals surface area contributed by atoms with Crippen LogP contribution in [0, 0.1) is 12.8 Å². The van der Waals surface area contributed by atoms with E-state index in [1.54, 1.807) is 6.20 Å². The van der Waals surface area contributed by atoms with Gasteiger partial charge in [0.1, 0.15) is 5.82 Å². The lowest BCUT2D eigenvalue weighted by Crippen LogP contribution is -2.24. The number of rotatable bonds is 3. The molecular weight excluding hydrogens is 190 g/mol. The lowest BCUT2D eigenvalue weighted by atomic mass is 10.0. The smallest absolute Gasteiger partial charge is 0.148 e. The van der Waals surface area contributed by atoms with Crippen molar-refractivity contribution in [3.63, 3.8) is 0 Å². The van der Waals surface area contributed by atoms with E-state index in [0.717, 1.165) is 31.1 Å². The van der Waals surface area contributed by atoms with Crippen LogP contribution in [0.5, 0.6) is 0 Å². The normalized spacial score (nSPS) is 21.3. The van der Waals surface area contributed by atoms with E-state index in [1.807, 2.05) is 13.0 Å². The van der Waals surface area contributed by atoms with Gasteiger partial charge in [0.25, 0.3) is 0 Å². The van der Waals surface area contributed by atoms with Gasteiger partial charge in [0.15, 0.2) is 0 Å². The summed E-state index contributed by atoms with van der Waals surface area (Å²) in [5.41, 5.74) is 1.13. The summed E-state index contributed by atoms with van der Waals surface area (Å²) in [4.78, 5) is 0. The van der Waals surface area contributed by atoms with Crippen LogP contribution < -0.4 is 5.32 Å². The number of ether oxygens (including phenoxy) is 1. The predicted molar refractivity (Wildman–Crippen MR) is 58.8 cm³/mol. The van der Waals surface area contributed by atoms with Crippen LogP contribution in [0.1, 0.15) is 18.4 Å². The largest absolute Gasteiger partial charge is 0.381 e. The number of nitrogens with one attached hydrogen (secondary N) is 1. The highest BCUT2D eigenvalue weighted by Gasteiger charge is 2.13. The summed E-state index contributed by atoms with van der Waals surface area (Å²) in [5.74, 6) is 1.47. The van der Waals surface area contributed by atoms with Gasteiger partial charge in [0.2, 0.25) is 0 Å². The topological polar surface area (TPSA) is 47.0 Å². The van der Waals surface area contributed by atoms with Crippen LogP contribution in [0.4, 0.5) is 5.82 Å². The second-order valence-electron chi connectivity index (χ2n) is 4.08. The Morgan fingerprint density at radius 3 is 3.27 bits per heavy atom. The first kappa shape index (κ1) is 10.4. The summed E-state index contributed by atoms with van der Waals surface area (Å²) in [6.45, 7) is 4.73. The van der Waals surface area contributed by atoms with Gasteiger partial charge < -0.3 is 10.1 Å². The summed E-state index contributed by atoms with van der Waals surface area (Å²) in [6.07, 6.45) is 4.17. The minimum atomic E-state index is 0.612. The standard InChI is InChI=1S/C11H17N3O/c1-9-5-11(14-13-6-9)12-7-10-3-2-4-15-8-10/h5-6,10H,2-4,7-8H2,1H3,(H,12,14). The van der Waals surface area contributed by atoms with Crippen molar-refractivity contribution in [3.8, 4) is 0 Å². The number of nitrogens with zero attached hydrogens (tertiary/aromatic N) is 2. The zero-order valence-electron chi connectivity index (χ0n) is 9.07. The molecule has 15 heavy (non-hydrogen) atoms. The van der Waals surface area contributed by atoms with E-state index in [1.165, 1.54) is 12.8 Å². The Bertz CT molecular complexity index is 310. The fourth-order valence-electron chi connectivity index (χ4n) is 1.77. The number of aryl methyl sites for hydroxylation is 1. The van der Waals surface area contributed by atoms with E-state index in [9.17, 15) is 0 Å². The number of hydrogen-bond donors (Lipinski definition) is 1. The molecule has 1 unspecified atom stereocenters. The van der Waals surface area contributed by atoms with E-state index in [4.69, 9.17) is 4.74 Å². The van der Waals surface area contributed by atoms with Gasteiger partial charge in [-0.2, -0.15) is 5.10 Å². The maximum absolute atomic E-state index is 5.42. The molecular formula is C11H17N3O. The molecule has 0 radical (unpaired) electrons. The highest BCUT2D eigenvalue weighted by Crippen LogP contribution is 2.14. The zero-order valence-corrected chi connectivity index (χ0v) is 9.07. The summed E-state index contributed by atoms with van der Waals surface area (Å²) >= 11 is 0. The van der Waals surface area contributed by atoms with E-state index in [-0.39, 0.29) is 0 Å². The molecule has 0 amide bonds. The Morgan fingerprint density at radius 1 is 1.60 bits per heavy atom. The molecule has 82 valence electrons. The molecule has 1 aliphatic rings. The Kier molecular flexibility index (Phi) is 3.50. The number of anilines is 1. The molecule has 0 saturated carbocycles. The van der Waals surface area contributed by atoms with Crippen LogP contribution in [-0.2, 0) is 4.74 Å².